The molecule has 9 nitrogen and oxygen atoms in total. The molecule has 256 valence electrons. The summed E-state index contributed by atoms with van der Waals surface area (Å²) in [6.07, 6.45) is 3.46. The van der Waals surface area contributed by atoms with Crippen LogP contribution in [-0.4, -0.2) is 106 Å². The molecule has 49 heavy (non-hydrogen) atoms. The van der Waals surface area contributed by atoms with Crippen LogP contribution in [0.3, 0.4) is 0 Å². The molecule has 1 N–H and O–H groups in total. The third-order valence-corrected chi connectivity index (χ3v) is 11.2. The van der Waals surface area contributed by atoms with Gasteiger partial charge in [0, 0.05) is 105 Å². The Labute approximate surface area is 289 Å². The molecule has 3 aliphatic heterocycles. The molecule has 7 rings (SSSR count). The highest BCUT2D eigenvalue weighted by Crippen LogP contribution is 2.31. The fourth-order valence-corrected chi connectivity index (χ4v) is 8.00. The standard InChI is InChI=1S/C40H48N6O3/c1-26-6-5-7-31(22-26)37-24-33(25-38(42-37)32-8-9-36-35(23-32)27(2)28(3)41-36)40(49)46-20-18-44(19-21-46)34-12-16-45(17-13-34)39(48)30-10-14-43(15-11-30)29(4)47/h5-9,22-25,30,34,41H,10-21H2,1-4H3. The third kappa shape index (κ3) is 6.86. The molecular weight excluding hydrogens is 612 g/mol. The van der Waals surface area contributed by atoms with Crippen molar-refractivity contribution in [2.75, 3.05) is 52.4 Å². The van der Waals surface area contributed by atoms with Gasteiger partial charge in [0.15, 0.2) is 0 Å². The second-order valence-corrected chi connectivity index (χ2v) is 14.3. The van der Waals surface area contributed by atoms with Crippen LogP contribution in [-0.2, 0) is 9.59 Å². The van der Waals surface area contributed by atoms with Gasteiger partial charge in [-0.2, -0.15) is 0 Å². The zero-order chi connectivity index (χ0) is 34.2. The quantitative estimate of drug-likeness (QED) is 0.291. The minimum atomic E-state index is 0.0340. The van der Waals surface area contributed by atoms with E-state index < -0.39 is 0 Å². The molecule has 0 bridgehead atoms. The summed E-state index contributed by atoms with van der Waals surface area (Å²) in [5, 5.41) is 1.17. The van der Waals surface area contributed by atoms with Crippen LogP contribution in [0.2, 0.25) is 0 Å². The first-order valence-electron chi connectivity index (χ1n) is 17.9. The van der Waals surface area contributed by atoms with E-state index in [1.54, 1.807) is 6.92 Å². The zero-order valence-corrected chi connectivity index (χ0v) is 29.3. The number of fused-ring (bicyclic) bond motifs is 1. The Hall–Kier alpha value is -4.50. The number of carbonyl (C=O) groups is 3. The number of nitrogens with zero attached hydrogens (tertiary/aromatic N) is 5. The Morgan fingerprint density at radius 3 is 2.02 bits per heavy atom. The molecule has 0 atom stereocenters. The smallest absolute Gasteiger partial charge is 0.254 e. The molecule has 3 aliphatic rings. The van der Waals surface area contributed by atoms with Crippen LogP contribution in [0, 0.1) is 26.7 Å². The van der Waals surface area contributed by atoms with E-state index in [9.17, 15) is 14.4 Å². The van der Waals surface area contributed by atoms with Crippen LogP contribution < -0.4 is 0 Å². The number of piperidine rings is 2. The Kier molecular flexibility index (Phi) is 9.29. The van der Waals surface area contributed by atoms with Crippen molar-refractivity contribution >= 4 is 28.6 Å². The number of rotatable bonds is 5. The van der Waals surface area contributed by atoms with Crippen molar-refractivity contribution in [2.24, 2.45) is 5.92 Å². The highest BCUT2D eigenvalue weighted by molar-refractivity contribution is 5.97. The Bertz CT molecular complexity index is 1870. The summed E-state index contributed by atoms with van der Waals surface area (Å²) in [7, 11) is 0. The highest BCUT2D eigenvalue weighted by atomic mass is 16.2. The van der Waals surface area contributed by atoms with Gasteiger partial charge in [0.2, 0.25) is 11.8 Å². The first-order chi connectivity index (χ1) is 23.6. The maximum Gasteiger partial charge on any atom is 0.254 e. The molecule has 0 unspecified atom stereocenters. The molecule has 2 aromatic heterocycles. The number of aromatic amines is 1. The Morgan fingerprint density at radius 2 is 1.37 bits per heavy atom. The lowest BCUT2D eigenvalue weighted by Crippen LogP contribution is -2.55. The number of H-pyrrole nitrogens is 1. The summed E-state index contributed by atoms with van der Waals surface area (Å²) in [5.74, 6) is 0.439. The summed E-state index contributed by atoms with van der Waals surface area (Å²) in [6, 6.07) is 19.0. The van der Waals surface area contributed by atoms with Gasteiger partial charge in [0.25, 0.3) is 5.91 Å². The largest absolute Gasteiger partial charge is 0.358 e. The van der Waals surface area contributed by atoms with E-state index in [2.05, 4.69) is 67.1 Å². The number of carbonyl (C=O) groups excluding carboxylic acids is 3. The zero-order valence-electron chi connectivity index (χ0n) is 29.3. The Morgan fingerprint density at radius 1 is 0.714 bits per heavy atom. The summed E-state index contributed by atoms with van der Waals surface area (Å²) in [4.78, 5) is 56.0. The van der Waals surface area contributed by atoms with Gasteiger partial charge in [-0.3, -0.25) is 19.3 Å². The average molecular weight is 661 g/mol. The molecule has 5 heterocycles. The molecule has 0 radical (unpaired) electrons. The molecule has 0 saturated carbocycles. The van der Waals surface area contributed by atoms with E-state index in [0.717, 1.165) is 91.2 Å². The third-order valence-electron chi connectivity index (χ3n) is 11.2. The predicted octanol–water partition coefficient (Wildman–Crippen LogP) is 5.83. The molecule has 4 aromatic rings. The number of hydrogen-bond acceptors (Lipinski definition) is 5. The second-order valence-electron chi connectivity index (χ2n) is 14.3. The summed E-state index contributed by atoms with van der Waals surface area (Å²) >= 11 is 0. The maximum absolute atomic E-state index is 14.1. The van der Waals surface area contributed by atoms with Gasteiger partial charge in [-0.1, -0.05) is 29.8 Å². The van der Waals surface area contributed by atoms with Crippen LogP contribution in [0.1, 0.15) is 59.8 Å². The van der Waals surface area contributed by atoms with Gasteiger partial charge in [-0.05, 0) is 82.3 Å². The van der Waals surface area contributed by atoms with Crippen LogP contribution in [0.25, 0.3) is 33.4 Å². The van der Waals surface area contributed by atoms with E-state index in [1.807, 2.05) is 32.9 Å². The fraction of sp³-hybridized carbons (Fsp3) is 0.450. The lowest BCUT2D eigenvalue weighted by Gasteiger charge is -2.43. The number of benzene rings is 2. The van der Waals surface area contributed by atoms with Gasteiger partial charge < -0.3 is 19.7 Å². The van der Waals surface area contributed by atoms with Crippen molar-refractivity contribution < 1.29 is 14.4 Å². The number of aromatic nitrogens is 2. The van der Waals surface area contributed by atoms with E-state index in [1.165, 1.54) is 10.9 Å². The van der Waals surface area contributed by atoms with E-state index in [0.29, 0.717) is 37.8 Å². The van der Waals surface area contributed by atoms with Gasteiger partial charge in [-0.15, -0.1) is 0 Å². The minimum absolute atomic E-state index is 0.0340. The van der Waals surface area contributed by atoms with Crippen LogP contribution in [0.4, 0.5) is 0 Å². The molecule has 0 aliphatic carbocycles. The second kappa shape index (κ2) is 13.8. The first kappa shape index (κ1) is 33.0. The summed E-state index contributed by atoms with van der Waals surface area (Å²) in [6.45, 7) is 13.9. The lowest BCUT2D eigenvalue weighted by atomic mass is 9.93. The molecule has 3 fully saturated rings. The summed E-state index contributed by atoms with van der Waals surface area (Å²) in [5.41, 5.74) is 8.90. The molecule has 0 spiro atoms. The average Bonchev–Trinajstić information content (AvgIpc) is 3.42. The Balaban J connectivity index is 1.02. The van der Waals surface area contributed by atoms with Crippen LogP contribution in [0.5, 0.6) is 0 Å². The van der Waals surface area contributed by atoms with Crippen molar-refractivity contribution in [1.29, 1.82) is 0 Å². The topological polar surface area (TPSA) is 92.9 Å². The number of hydrogen-bond donors (Lipinski definition) is 1. The number of aryl methyl sites for hydroxylation is 3. The number of pyridine rings is 1. The molecular formula is C40H48N6O3. The number of amides is 3. The molecule has 3 amide bonds. The predicted molar refractivity (Wildman–Crippen MR) is 193 cm³/mol. The van der Waals surface area contributed by atoms with Crippen molar-refractivity contribution in [3.63, 3.8) is 0 Å². The molecule has 2 aromatic carbocycles. The number of likely N-dealkylation sites (tertiary alicyclic amines) is 2. The van der Waals surface area contributed by atoms with Gasteiger partial charge in [0.1, 0.15) is 0 Å². The molecule has 3 saturated heterocycles. The van der Waals surface area contributed by atoms with Crippen molar-refractivity contribution in [3.05, 3.63) is 77.0 Å². The van der Waals surface area contributed by atoms with Gasteiger partial charge in [-0.25, -0.2) is 4.98 Å². The maximum atomic E-state index is 14.1. The van der Waals surface area contributed by atoms with Gasteiger partial charge >= 0.3 is 0 Å². The van der Waals surface area contributed by atoms with E-state index in [4.69, 9.17) is 4.98 Å². The fourth-order valence-electron chi connectivity index (χ4n) is 8.00. The lowest BCUT2D eigenvalue weighted by molar-refractivity contribution is -0.141. The number of nitrogens with one attached hydrogen (secondary N) is 1. The monoisotopic (exact) mass is 660 g/mol. The van der Waals surface area contributed by atoms with Crippen molar-refractivity contribution in [1.82, 2.24) is 29.6 Å². The van der Waals surface area contributed by atoms with Crippen LogP contribution >= 0.6 is 0 Å². The van der Waals surface area contributed by atoms with E-state index in [-0.39, 0.29) is 23.6 Å². The van der Waals surface area contributed by atoms with Crippen molar-refractivity contribution in [2.45, 2.75) is 59.4 Å². The van der Waals surface area contributed by atoms with E-state index >= 15 is 0 Å². The van der Waals surface area contributed by atoms with Crippen molar-refractivity contribution in [3.8, 4) is 22.5 Å². The highest BCUT2D eigenvalue weighted by Gasteiger charge is 2.34. The van der Waals surface area contributed by atoms with Gasteiger partial charge in [0.05, 0.1) is 11.4 Å². The summed E-state index contributed by atoms with van der Waals surface area (Å²) < 4.78 is 0. The molecule has 9 heteroatoms. The SMILES string of the molecule is CC(=O)N1CCC(C(=O)N2CCC(N3CCN(C(=O)c4cc(-c5cccc(C)c5)nc(-c5ccc6[nH]c(C)c(C)c6c5)c4)CC3)CC2)CC1. The number of piperazine rings is 1. The normalized spacial score (nSPS) is 18.3. The first-order valence-corrected chi connectivity index (χ1v) is 17.9. The van der Waals surface area contributed by atoms with Crippen LogP contribution in [0.15, 0.2) is 54.6 Å². The minimum Gasteiger partial charge on any atom is -0.358 e.